The highest BCUT2D eigenvalue weighted by atomic mass is 19.4. The normalized spacial score (nSPS) is 28.3. The van der Waals surface area contributed by atoms with E-state index in [9.17, 15) is 23.1 Å². The molecule has 2 aromatic carbocycles. The SMILES string of the molecule is O=C1N2Cc3ccccc3N[C@@H]2[C@@H](c2ccccc2)[C@]1(O)C(F)(F)F. The van der Waals surface area contributed by atoms with Crippen LogP contribution in [0, 0.1) is 0 Å². The zero-order valence-electron chi connectivity index (χ0n) is 13.0. The molecule has 2 aliphatic rings. The first-order chi connectivity index (χ1) is 11.8. The molecule has 130 valence electrons. The summed E-state index contributed by atoms with van der Waals surface area (Å²) in [7, 11) is 0. The minimum absolute atomic E-state index is 0.0222. The van der Waals surface area contributed by atoms with Gasteiger partial charge in [-0.2, -0.15) is 13.2 Å². The van der Waals surface area contributed by atoms with Gasteiger partial charge in [0.1, 0.15) is 6.17 Å². The van der Waals surface area contributed by atoms with Gasteiger partial charge in [0.2, 0.25) is 5.60 Å². The first kappa shape index (κ1) is 16.0. The number of carbonyl (C=O) groups excluding carboxylic acids is 1. The van der Waals surface area contributed by atoms with Gasteiger partial charge in [-0.15, -0.1) is 0 Å². The van der Waals surface area contributed by atoms with Gasteiger partial charge < -0.3 is 15.3 Å². The summed E-state index contributed by atoms with van der Waals surface area (Å²) in [6, 6.07) is 14.9. The lowest BCUT2D eigenvalue weighted by molar-refractivity contribution is -0.253. The van der Waals surface area contributed by atoms with E-state index in [1.807, 2.05) is 0 Å². The van der Waals surface area contributed by atoms with Crippen LogP contribution in [0.5, 0.6) is 0 Å². The van der Waals surface area contributed by atoms with Gasteiger partial charge in [-0.05, 0) is 17.2 Å². The summed E-state index contributed by atoms with van der Waals surface area (Å²) < 4.78 is 41.3. The second-order valence-corrected chi connectivity index (χ2v) is 6.33. The molecule has 7 heteroatoms. The van der Waals surface area contributed by atoms with Crippen LogP contribution in [0.25, 0.3) is 0 Å². The Morgan fingerprint density at radius 1 is 1.08 bits per heavy atom. The second kappa shape index (κ2) is 5.23. The number of hydrogen-bond donors (Lipinski definition) is 2. The summed E-state index contributed by atoms with van der Waals surface area (Å²) in [4.78, 5) is 13.7. The molecule has 0 radical (unpaired) electrons. The van der Waals surface area contributed by atoms with E-state index in [-0.39, 0.29) is 12.1 Å². The van der Waals surface area contributed by atoms with Crippen LogP contribution in [0.1, 0.15) is 17.0 Å². The van der Waals surface area contributed by atoms with E-state index in [2.05, 4.69) is 5.32 Å². The molecule has 0 unspecified atom stereocenters. The number of amides is 1. The lowest BCUT2D eigenvalue weighted by atomic mass is 9.82. The largest absolute Gasteiger partial charge is 0.427 e. The Labute approximate surface area is 141 Å². The standard InChI is InChI=1S/C18H15F3N2O2/c19-18(20,21)17(25)14(11-6-2-1-3-7-11)15-22-13-9-5-4-8-12(13)10-23(15)16(17)24/h1-9,14-15,22,25H,10H2/t14-,15+,17-/m1/s1. The predicted molar refractivity (Wildman–Crippen MR) is 84.6 cm³/mol. The lowest BCUT2D eigenvalue weighted by Crippen LogP contribution is -2.54. The third-order valence-corrected chi connectivity index (χ3v) is 4.94. The van der Waals surface area contributed by atoms with Gasteiger partial charge in [0, 0.05) is 12.2 Å². The van der Waals surface area contributed by atoms with Crippen molar-refractivity contribution in [1.29, 1.82) is 0 Å². The average molecular weight is 348 g/mol. The number of para-hydroxylation sites is 1. The molecule has 2 aliphatic heterocycles. The molecule has 3 atom stereocenters. The van der Waals surface area contributed by atoms with E-state index < -0.39 is 29.8 Å². The van der Waals surface area contributed by atoms with Gasteiger partial charge in [-0.1, -0.05) is 48.5 Å². The summed E-state index contributed by atoms with van der Waals surface area (Å²) >= 11 is 0. The summed E-state index contributed by atoms with van der Waals surface area (Å²) in [6.07, 6.45) is -6.06. The first-order valence-corrected chi connectivity index (χ1v) is 7.83. The quantitative estimate of drug-likeness (QED) is 0.833. The second-order valence-electron chi connectivity index (χ2n) is 6.33. The first-order valence-electron chi connectivity index (χ1n) is 7.83. The molecule has 0 aliphatic carbocycles. The summed E-state index contributed by atoms with van der Waals surface area (Å²) in [5.74, 6) is -2.78. The van der Waals surface area contributed by atoms with Crippen LogP contribution in [-0.4, -0.2) is 33.9 Å². The minimum atomic E-state index is -5.09. The van der Waals surface area contributed by atoms with Crippen LogP contribution in [0.3, 0.4) is 0 Å². The van der Waals surface area contributed by atoms with E-state index in [1.165, 1.54) is 12.1 Å². The third-order valence-electron chi connectivity index (χ3n) is 4.94. The number of halogens is 3. The van der Waals surface area contributed by atoms with E-state index in [0.717, 1.165) is 4.90 Å². The molecule has 1 saturated heterocycles. The number of nitrogens with zero attached hydrogens (tertiary/aromatic N) is 1. The zero-order chi connectivity index (χ0) is 17.8. The van der Waals surface area contributed by atoms with Gasteiger partial charge in [0.05, 0.1) is 5.92 Å². The van der Waals surface area contributed by atoms with E-state index in [1.54, 1.807) is 42.5 Å². The van der Waals surface area contributed by atoms with E-state index >= 15 is 0 Å². The molecule has 2 aromatic rings. The Morgan fingerprint density at radius 3 is 2.40 bits per heavy atom. The molecule has 25 heavy (non-hydrogen) atoms. The number of hydrogen-bond acceptors (Lipinski definition) is 3. The van der Waals surface area contributed by atoms with E-state index in [0.29, 0.717) is 11.3 Å². The number of fused-ring (bicyclic) bond motifs is 2. The number of alkyl halides is 3. The summed E-state index contributed by atoms with van der Waals surface area (Å²) in [5.41, 5.74) is -1.82. The van der Waals surface area contributed by atoms with Crippen molar-refractivity contribution in [1.82, 2.24) is 4.90 Å². The molecule has 0 saturated carbocycles. The van der Waals surface area contributed by atoms with Gasteiger partial charge >= 0.3 is 6.18 Å². The number of nitrogens with one attached hydrogen (secondary N) is 1. The highest BCUT2D eigenvalue weighted by Gasteiger charge is 2.72. The van der Waals surface area contributed by atoms with Crippen LogP contribution >= 0.6 is 0 Å². The molecule has 1 amide bonds. The van der Waals surface area contributed by atoms with Crippen molar-refractivity contribution in [3.8, 4) is 0 Å². The lowest BCUT2D eigenvalue weighted by Gasteiger charge is -2.36. The Bertz CT molecular complexity index is 825. The topological polar surface area (TPSA) is 52.6 Å². The molecule has 0 bridgehead atoms. The van der Waals surface area contributed by atoms with Crippen molar-refractivity contribution in [3.63, 3.8) is 0 Å². The smallest absolute Gasteiger partial charge is 0.372 e. The highest BCUT2D eigenvalue weighted by molar-refractivity contribution is 5.92. The fourth-order valence-electron chi connectivity index (χ4n) is 3.74. The Hall–Kier alpha value is -2.54. The van der Waals surface area contributed by atoms with Crippen molar-refractivity contribution >= 4 is 11.6 Å². The molecule has 4 nitrogen and oxygen atoms in total. The zero-order valence-corrected chi connectivity index (χ0v) is 13.0. The van der Waals surface area contributed by atoms with Gasteiger partial charge in [0.25, 0.3) is 5.91 Å². The van der Waals surface area contributed by atoms with Crippen molar-refractivity contribution in [2.75, 3.05) is 5.32 Å². The van der Waals surface area contributed by atoms with Gasteiger partial charge in [-0.3, -0.25) is 4.79 Å². The van der Waals surface area contributed by atoms with Crippen molar-refractivity contribution < 1.29 is 23.1 Å². The minimum Gasteiger partial charge on any atom is -0.372 e. The molecule has 0 spiro atoms. The number of aliphatic hydroxyl groups is 1. The number of anilines is 1. The summed E-state index contributed by atoms with van der Waals surface area (Å²) in [6.45, 7) is 0.0222. The molecular weight excluding hydrogens is 333 g/mol. The van der Waals surface area contributed by atoms with Crippen molar-refractivity contribution in [2.24, 2.45) is 0 Å². The summed E-state index contributed by atoms with van der Waals surface area (Å²) in [5, 5.41) is 13.6. The third kappa shape index (κ3) is 2.15. The van der Waals surface area contributed by atoms with Gasteiger partial charge in [-0.25, -0.2) is 0 Å². The van der Waals surface area contributed by atoms with Crippen LogP contribution in [0.15, 0.2) is 54.6 Å². The Morgan fingerprint density at radius 2 is 1.72 bits per heavy atom. The molecule has 2 N–H and O–H groups in total. The number of benzene rings is 2. The fourth-order valence-corrected chi connectivity index (χ4v) is 3.74. The maximum atomic E-state index is 13.8. The number of rotatable bonds is 1. The van der Waals surface area contributed by atoms with Crippen molar-refractivity contribution in [3.05, 3.63) is 65.7 Å². The van der Waals surface area contributed by atoms with Crippen LogP contribution in [0.2, 0.25) is 0 Å². The van der Waals surface area contributed by atoms with Crippen LogP contribution in [-0.2, 0) is 11.3 Å². The monoisotopic (exact) mass is 348 g/mol. The molecule has 0 aromatic heterocycles. The molecule has 1 fully saturated rings. The average Bonchev–Trinajstić information content (AvgIpc) is 2.82. The Kier molecular flexibility index (Phi) is 3.34. The maximum absolute atomic E-state index is 13.8. The fraction of sp³-hybridized carbons (Fsp3) is 0.278. The molecular formula is C18H15F3N2O2. The van der Waals surface area contributed by atoms with Crippen LogP contribution in [0.4, 0.5) is 18.9 Å². The van der Waals surface area contributed by atoms with E-state index in [4.69, 9.17) is 0 Å². The highest BCUT2D eigenvalue weighted by Crippen LogP contribution is 2.52. The van der Waals surface area contributed by atoms with Crippen molar-refractivity contribution in [2.45, 2.75) is 30.4 Å². The van der Waals surface area contributed by atoms with Crippen LogP contribution < -0.4 is 5.32 Å². The molecule has 2 heterocycles. The molecule has 4 rings (SSSR count). The number of carbonyl (C=O) groups is 1. The predicted octanol–water partition coefficient (Wildman–Crippen LogP) is 2.86. The maximum Gasteiger partial charge on any atom is 0.427 e. The van der Waals surface area contributed by atoms with Gasteiger partial charge in [0.15, 0.2) is 0 Å². The Balaban J connectivity index is 1.88.